The van der Waals surface area contributed by atoms with Crippen molar-refractivity contribution in [2.45, 2.75) is 6.42 Å². The lowest BCUT2D eigenvalue weighted by Gasteiger charge is -2.13. The molecule has 0 unspecified atom stereocenters. The van der Waals surface area contributed by atoms with Crippen molar-refractivity contribution in [2.75, 3.05) is 39.6 Å². The van der Waals surface area contributed by atoms with Gasteiger partial charge >= 0.3 is 0 Å². The minimum Gasteiger partial charge on any atom is -0.494 e. The molecule has 1 aromatic carbocycles. The number of ether oxygens (including phenoxy) is 1. The Morgan fingerprint density at radius 2 is 2.12 bits per heavy atom. The highest BCUT2D eigenvalue weighted by Gasteiger charge is 2.03. The van der Waals surface area contributed by atoms with Crippen molar-refractivity contribution in [1.29, 1.82) is 0 Å². The molecule has 0 atom stereocenters. The maximum absolute atomic E-state index is 12.9. The van der Waals surface area contributed by atoms with Gasteiger partial charge in [-0.1, -0.05) is 0 Å². The van der Waals surface area contributed by atoms with E-state index in [0.717, 1.165) is 25.2 Å². The average Bonchev–Trinajstić information content (AvgIpc) is 2.25. The number of hydrogen-bond acceptors (Lipinski definition) is 3. The maximum Gasteiger partial charge on any atom is 0.144 e. The van der Waals surface area contributed by atoms with Crippen molar-refractivity contribution in [3.63, 3.8) is 0 Å². The van der Waals surface area contributed by atoms with Crippen LogP contribution in [0.15, 0.2) is 18.2 Å². The van der Waals surface area contributed by atoms with Crippen LogP contribution in [0.4, 0.5) is 10.1 Å². The molecule has 16 heavy (non-hydrogen) atoms. The number of nitrogens with one attached hydrogen (secondary N) is 1. The zero-order valence-corrected chi connectivity index (χ0v) is 10.1. The van der Waals surface area contributed by atoms with E-state index in [1.165, 1.54) is 12.1 Å². The summed E-state index contributed by atoms with van der Waals surface area (Å²) in [5.74, 6) is 0.264. The number of benzene rings is 1. The lowest BCUT2D eigenvalue weighted by molar-refractivity contribution is 0.403. The van der Waals surface area contributed by atoms with E-state index < -0.39 is 0 Å². The van der Waals surface area contributed by atoms with Crippen molar-refractivity contribution in [3.8, 4) is 5.75 Å². The highest BCUT2D eigenvalue weighted by Crippen LogP contribution is 2.24. The third-order valence-corrected chi connectivity index (χ3v) is 2.26. The Hall–Kier alpha value is -1.29. The molecule has 1 rings (SSSR count). The van der Waals surface area contributed by atoms with Crippen molar-refractivity contribution >= 4 is 5.69 Å². The van der Waals surface area contributed by atoms with E-state index in [-0.39, 0.29) is 5.82 Å². The topological polar surface area (TPSA) is 24.5 Å². The van der Waals surface area contributed by atoms with E-state index in [1.807, 2.05) is 14.1 Å². The summed E-state index contributed by atoms with van der Waals surface area (Å²) in [4.78, 5) is 2.13. The molecule has 0 spiro atoms. The number of methoxy groups -OCH3 is 1. The van der Waals surface area contributed by atoms with Crippen LogP contribution >= 0.6 is 0 Å². The smallest absolute Gasteiger partial charge is 0.144 e. The van der Waals surface area contributed by atoms with Crippen LogP contribution in [-0.2, 0) is 0 Å². The van der Waals surface area contributed by atoms with Gasteiger partial charge in [0.15, 0.2) is 0 Å². The molecule has 3 nitrogen and oxygen atoms in total. The molecule has 0 bridgehead atoms. The predicted molar refractivity (Wildman–Crippen MR) is 64.6 cm³/mol. The third-order valence-electron chi connectivity index (χ3n) is 2.26. The first-order chi connectivity index (χ1) is 7.63. The Kier molecular flexibility index (Phi) is 5.05. The summed E-state index contributed by atoms with van der Waals surface area (Å²) in [6.07, 6.45) is 1.04. The molecule has 0 amide bonds. The molecule has 0 saturated carbocycles. The number of hydrogen-bond donors (Lipinski definition) is 1. The summed E-state index contributed by atoms with van der Waals surface area (Å²) in [6, 6.07) is 4.51. The highest BCUT2D eigenvalue weighted by molar-refractivity contribution is 5.56. The molecule has 1 N–H and O–H groups in total. The summed E-state index contributed by atoms with van der Waals surface area (Å²) in [7, 11) is 5.62. The molecule has 0 aliphatic rings. The van der Waals surface area contributed by atoms with Gasteiger partial charge in [-0.15, -0.1) is 0 Å². The molecule has 0 radical (unpaired) electrons. The van der Waals surface area contributed by atoms with Gasteiger partial charge in [-0.3, -0.25) is 0 Å². The van der Waals surface area contributed by atoms with Crippen molar-refractivity contribution in [3.05, 3.63) is 24.0 Å². The lowest BCUT2D eigenvalue weighted by atomic mass is 10.2. The number of nitrogens with zero attached hydrogens (tertiary/aromatic N) is 1. The van der Waals surface area contributed by atoms with Gasteiger partial charge in [-0.25, -0.2) is 4.39 Å². The van der Waals surface area contributed by atoms with Gasteiger partial charge in [0.25, 0.3) is 0 Å². The van der Waals surface area contributed by atoms with Gasteiger partial charge in [0, 0.05) is 12.6 Å². The summed E-state index contributed by atoms with van der Waals surface area (Å²) in [5.41, 5.74) is 0.836. The summed E-state index contributed by atoms with van der Waals surface area (Å²) >= 11 is 0. The quantitative estimate of drug-likeness (QED) is 0.753. The summed E-state index contributed by atoms with van der Waals surface area (Å²) < 4.78 is 18.0. The zero-order chi connectivity index (χ0) is 12.0. The van der Waals surface area contributed by atoms with Crippen LogP contribution in [-0.4, -0.2) is 39.2 Å². The molecule has 0 aliphatic carbocycles. The second kappa shape index (κ2) is 6.33. The van der Waals surface area contributed by atoms with Crippen molar-refractivity contribution in [2.24, 2.45) is 0 Å². The van der Waals surface area contributed by atoms with E-state index in [4.69, 9.17) is 4.74 Å². The SMILES string of the molecule is COc1cc(F)ccc1NCCCN(C)C. The Morgan fingerprint density at radius 1 is 1.38 bits per heavy atom. The van der Waals surface area contributed by atoms with Gasteiger partial charge < -0.3 is 15.0 Å². The van der Waals surface area contributed by atoms with Crippen LogP contribution in [0.5, 0.6) is 5.75 Å². The van der Waals surface area contributed by atoms with E-state index >= 15 is 0 Å². The van der Waals surface area contributed by atoms with Crippen LogP contribution in [0.1, 0.15) is 6.42 Å². The highest BCUT2D eigenvalue weighted by atomic mass is 19.1. The molecule has 0 fully saturated rings. The molecular weight excluding hydrogens is 207 g/mol. The van der Waals surface area contributed by atoms with Gasteiger partial charge in [0.2, 0.25) is 0 Å². The molecule has 4 heteroatoms. The molecule has 90 valence electrons. The second-order valence-electron chi connectivity index (χ2n) is 3.93. The Balaban J connectivity index is 2.47. The molecule has 0 heterocycles. The molecule has 0 aliphatic heterocycles. The molecule has 1 aromatic rings. The van der Waals surface area contributed by atoms with Crippen molar-refractivity contribution < 1.29 is 9.13 Å². The van der Waals surface area contributed by atoms with Gasteiger partial charge in [0.05, 0.1) is 12.8 Å². The lowest BCUT2D eigenvalue weighted by Crippen LogP contribution is -2.16. The second-order valence-corrected chi connectivity index (χ2v) is 3.93. The minimum absolute atomic E-state index is 0.282. The first-order valence-electron chi connectivity index (χ1n) is 5.35. The van der Waals surface area contributed by atoms with E-state index in [9.17, 15) is 4.39 Å². The van der Waals surface area contributed by atoms with E-state index in [0.29, 0.717) is 5.75 Å². The molecule has 0 aromatic heterocycles. The first kappa shape index (κ1) is 12.8. The standard InChI is InChI=1S/C12H19FN2O/c1-15(2)8-4-7-14-11-6-5-10(13)9-12(11)16-3/h5-6,9,14H,4,7-8H2,1-3H3. The summed E-state index contributed by atoms with van der Waals surface area (Å²) in [5, 5.41) is 3.23. The maximum atomic E-state index is 12.9. The average molecular weight is 226 g/mol. The van der Waals surface area contributed by atoms with E-state index in [1.54, 1.807) is 13.2 Å². The minimum atomic E-state index is -0.282. The zero-order valence-electron chi connectivity index (χ0n) is 10.1. The van der Waals surface area contributed by atoms with Gasteiger partial charge in [-0.05, 0) is 39.2 Å². The fourth-order valence-electron chi connectivity index (χ4n) is 1.43. The van der Waals surface area contributed by atoms with Crippen LogP contribution in [0.2, 0.25) is 0 Å². The largest absolute Gasteiger partial charge is 0.494 e. The Bertz CT molecular complexity index is 329. The van der Waals surface area contributed by atoms with Gasteiger partial charge in [-0.2, -0.15) is 0 Å². The van der Waals surface area contributed by atoms with Crippen LogP contribution in [0, 0.1) is 5.82 Å². The fourth-order valence-corrected chi connectivity index (χ4v) is 1.43. The predicted octanol–water partition coefficient (Wildman–Crippen LogP) is 2.20. The monoisotopic (exact) mass is 226 g/mol. The number of anilines is 1. The van der Waals surface area contributed by atoms with Crippen LogP contribution in [0.25, 0.3) is 0 Å². The number of rotatable bonds is 6. The van der Waals surface area contributed by atoms with Crippen LogP contribution in [0.3, 0.4) is 0 Å². The Morgan fingerprint density at radius 3 is 2.75 bits per heavy atom. The first-order valence-corrected chi connectivity index (χ1v) is 5.35. The third kappa shape index (κ3) is 4.06. The van der Waals surface area contributed by atoms with E-state index in [2.05, 4.69) is 10.2 Å². The summed E-state index contributed by atoms with van der Waals surface area (Å²) in [6.45, 7) is 1.87. The van der Waals surface area contributed by atoms with Crippen LogP contribution < -0.4 is 10.1 Å². The van der Waals surface area contributed by atoms with Crippen molar-refractivity contribution in [1.82, 2.24) is 4.90 Å². The molecular formula is C12H19FN2O. The number of halogens is 1. The molecule has 0 saturated heterocycles. The normalized spacial score (nSPS) is 10.6. The Labute approximate surface area is 96.2 Å². The fraction of sp³-hybridized carbons (Fsp3) is 0.500. The van der Waals surface area contributed by atoms with Gasteiger partial charge in [0.1, 0.15) is 11.6 Å².